The summed E-state index contributed by atoms with van der Waals surface area (Å²) in [4.78, 5) is 25.2. The first-order chi connectivity index (χ1) is 17.4. The van der Waals surface area contributed by atoms with Gasteiger partial charge in [0.2, 0.25) is 11.2 Å². The van der Waals surface area contributed by atoms with E-state index >= 15 is 0 Å². The summed E-state index contributed by atoms with van der Waals surface area (Å²) in [6.07, 6.45) is -5.02. The van der Waals surface area contributed by atoms with Gasteiger partial charge in [0.1, 0.15) is 17.1 Å². The van der Waals surface area contributed by atoms with Gasteiger partial charge < -0.3 is 19.2 Å². The van der Waals surface area contributed by atoms with Crippen molar-refractivity contribution in [2.75, 3.05) is 11.9 Å². The molecule has 0 spiro atoms. The second-order valence-electron chi connectivity index (χ2n) is 8.42. The summed E-state index contributed by atoms with van der Waals surface area (Å²) < 4.78 is 57.4. The van der Waals surface area contributed by atoms with Crippen LogP contribution in [0.4, 0.5) is 18.9 Å². The highest BCUT2D eigenvalue weighted by molar-refractivity contribution is 6.32. The third kappa shape index (κ3) is 5.89. The first-order valence-electron chi connectivity index (χ1n) is 11.0. The first-order valence-corrected chi connectivity index (χ1v) is 11.4. The first kappa shape index (κ1) is 26.1. The van der Waals surface area contributed by atoms with Crippen LogP contribution in [0.5, 0.6) is 17.2 Å². The molecule has 37 heavy (non-hydrogen) atoms. The van der Waals surface area contributed by atoms with Crippen molar-refractivity contribution in [1.82, 2.24) is 0 Å². The van der Waals surface area contributed by atoms with Crippen molar-refractivity contribution in [2.24, 2.45) is 0 Å². The van der Waals surface area contributed by atoms with Gasteiger partial charge in [-0.2, -0.15) is 13.2 Å². The van der Waals surface area contributed by atoms with Gasteiger partial charge in [-0.05, 0) is 68.3 Å². The molecule has 1 N–H and O–H groups in total. The highest BCUT2D eigenvalue weighted by atomic mass is 35.5. The number of aryl methyl sites for hydroxylation is 3. The van der Waals surface area contributed by atoms with Crippen LogP contribution in [0.15, 0.2) is 63.8 Å². The maximum atomic E-state index is 13.9. The summed E-state index contributed by atoms with van der Waals surface area (Å²) in [5.74, 6) is -3.01. The molecule has 3 aromatic carbocycles. The molecule has 0 fully saturated rings. The van der Waals surface area contributed by atoms with E-state index in [1.54, 1.807) is 26.0 Å². The number of fused-ring (bicyclic) bond motifs is 1. The largest absolute Gasteiger partial charge is 0.484 e. The van der Waals surface area contributed by atoms with E-state index in [4.69, 9.17) is 25.5 Å². The predicted molar refractivity (Wildman–Crippen MR) is 134 cm³/mol. The van der Waals surface area contributed by atoms with Gasteiger partial charge in [-0.1, -0.05) is 29.3 Å². The lowest BCUT2D eigenvalue weighted by Crippen LogP contribution is -2.20. The summed E-state index contributed by atoms with van der Waals surface area (Å²) in [5.41, 5.74) is 1.36. The minimum Gasteiger partial charge on any atom is -0.484 e. The molecule has 0 radical (unpaired) electrons. The molecule has 0 unspecified atom stereocenters. The Morgan fingerprint density at radius 2 is 1.62 bits per heavy atom. The number of hydrogen-bond acceptors (Lipinski definition) is 5. The molecule has 4 aromatic rings. The smallest absolute Gasteiger partial charge is 0.453 e. The lowest BCUT2D eigenvalue weighted by Gasteiger charge is -2.15. The van der Waals surface area contributed by atoms with Crippen LogP contribution in [-0.2, 0) is 11.0 Å². The molecule has 1 aromatic heterocycles. The van der Waals surface area contributed by atoms with Gasteiger partial charge in [-0.15, -0.1) is 0 Å². The highest BCUT2D eigenvalue weighted by Crippen LogP contribution is 2.39. The SMILES string of the molecule is Cc1ccc(NC(=O)COc2ccc3c(=O)c(Oc4cc(C)c(Cl)c(C)c4)c(C(F)(F)F)oc3c2)cc1. The number of carbonyl (C=O) groups is 1. The second kappa shape index (κ2) is 10.2. The average Bonchev–Trinajstić information content (AvgIpc) is 2.83. The van der Waals surface area contributed by atoms with E-state index in [0.29, 0.717) is 21.8 Å². The third-order valence-electron chi connectivity index (χ3n) is 5.41. The standard InChI is InChI=1S/C27H21ClF3NO5/c1-14-4-6-17(7-5-14)32-22(33)13-35-18-8-9-20-21(12-18)37-26(27(29,30)31)25(24(20)34)36-19-10-15(2)23(28)16(3)11-19/h4-12H,13H2,1-3H3,(H,32,33). The molecule has 192 valence electrons. The van der Waals surface area contributed by atoms with Crippen LogP contribution in [-0.4, -0.2) is 12.5 Å². The average molecular weight is 532 g/mol. The van der Waals surface area contributed by atoms with Crippen molar-refractivity contribution in [3.63, 3.8) is 0 Å². The van der Waals surface area contributed by atoms with Crippen molar-refractivity contribution in [1.29, 1.82) is 0 Å². The van der Waals surface area contributed by atoms with Crippen molar-refractivity contribution in [3.05, 3.63) is 92.3 Å². The molecule has 0 saturated heterocycles. The lowest BCUT2D eigenvalue weighted by atomic mass is 10.1. The lowest BCUT2D eigenvalue weighted by molar-refractivity contribution is -0.154. The summed E-state index contributed by atoms with van der Waals surface area (Å²) in [5, 5.41) is 2.93. The maximum Gasteiger partial charge on any atom is 0.453 e. The molecule has 0 aliphatic rings. The number of hydrogen-bond donors (Lipinski definition) is 1. The zero-order valence-electron chi connectivity index (χ0n) is 20.0. The Bertz CT molecular complexity index is 1520. The molecule has 1 amide bonds. The number of carbonyl (C=O) groups excluding carboxylic acids is 1. The number of amides is 1. The molecule has 1 heterocycles. The number of halogens is 4. The van der Waals surface area contributed by atoms with Crippen molar-refractivity contribution < 1.29 is 31.9 Å². The third-order valence-corrected chi connectivity index (χ3v) is 6.01. The number of anilines is 1. The number of ether oxygens (including phenoxy) is 2. The van der Waals surface area contributed by atoms with Crippen LogP contribution in [0.2, 0.25) is 5.02 Å². The molecular formula is C27H21ClF3NO5. The van der Waals surface area contributed by atoms with E-state index in [0.717, 1.165) is 11.6 Å². The molecule has 0 bridgehead atoms. The molecule has 10 heteroatoms. The maximum absolute atomic E-state index is 13.9. The minimum absolute atomic E-state index is 0.0103. The fraction of sp³-hybridized carbons (Fsp3) is 0.185. The van der Waals surface area contributed by atoms with E-state index in [2.05, 4.69) is 5.32 Å². The van der Waals surface area contributed by atoms with E-state index in [9.17, 15) is 22.8 Å². The second-order valence-corrected chi connectivity index (χ2v) is 8.80. The van der Waals surface area contributed by atoms with Crippen molar-refractivity contribution in [2.45, 2.75) is 26.9 Å². The van der Waals surface area contributed by atoms with E-state index < -0.39 is 35.6 Å². The van der Waals surface area contributed by atoms with Gasteiger partial charge in [0.05, 0.1) is 5.39 Å². The van der Waals surface area contributed by atoms with Gasteiger partial charge in [0.25, 0.3) is 11.7 Å². The highest BCUT2D eigenvalue weighted by Gasteiger charge is 2.40. The monoisotopic (exact) mass is 531 g/mol. The van der Waals surface area contributed by atoms with Crippen molar-refractivity contribution >= 4 is 34.2 Å². The molecular weight excluding hydrogens is 511 g/mol. The van der Waals surface area contributed by atoms with E-state index in [1.165, 1.54) is 24.3 Å². The topological polar surface area (TPSA) is 77.8 Å². The van der Waals surface area contributed by atoms with Gasteiger partial charge in [-0.3, -0.25) is 9.59 Å². The molecule has 0 atom stereocenters. The Kier molecular flexibility index (Phi) is 7.18. The Labute approximate surface area is 214 Å². The molecule has 0 aliphatic carbocycles. The van der Waals surface area contributed by atoms with Crippen LogP contribution < -0.4 is 20.2 Å². The van der Waals surface area contributed by atoms with Gasteiger partial charge >= 0.3 is 6.18 Å². The fourth-order valence-electron chi connectivity index (χ4n) is 3.59. The summed E-state index contributed by atoms with van der Waals surface area (Å²) in [6.45, 7) is 4.83. The number of alkyl halides is 3. The minimum atomic E-state index is -5.02. The Morgan fingerprint density at radius 3 is 2.24 bits per heavy atom. The normalized spacial score (nSPS) is 11.4. The summed E-state index contributed by atoms with van der Waals surface area (Å²) >= 11 is 6.12. The van der Waals surface area contributed by atoms with Crippen LogP contribution in [0.3, 0.4) is 0 Å². The molecule has 0 aliphatic heterocycles. The molecule has 6 nitrogen and oxygen atoms in total. The Morgan fingerprint density at radius 1 is 0.973 bits per heavy atom. The zero-order valence-corrected chi connectivity index (χ0v) is 20.7. The molecule has 0 saturated carbocycles. The number of benzene rings is 3. The van der Waals surface area contributed by atoms with Crippen LogP contribution >= 0.6 is 11.6 Å². The Hall–Kier alpha value is -3.98. The van der Waals surface area contributed by atoms with Gasteiger partial charge in [-0.25, -0.2) is 0 Å². The van der Waals surface area contributed by atoms with Crippen molar-refractivity contribution in [3.8, 4) is 17.2 Å². The summed E-state index contributed by atoms with van der Waals surface area (Å²) in [6, 6.07) is 13.7. The van der Waals surface area contributed by atoms with Gasteiger partial charge in [0.15, 0.2) is 6.61 Å². The van der Waals surface area contributed by atoms with Crippen LogP contribution in [0, 0.1) is 20.8 Å². The fourth-order valence-corrected chi connectivity index (χ4v) is 3.70. The Balaban J connectivity index is 1.62. The van der Waals surface area contributed by atoms with Crippen LogP contribution in [0.25, 0.3) is 11.0 Å². The number of nitrogens with one attached hydrogen (secondary N) is 1. The van der Waals surface area contributed by atoms with Crippen LogP contribution in [0.1, 0.15) is 22.5 Å². The predicted octanol–water partition coefficient (Wildman–Crippen LogP) is 7.20. The quantitative estimate of drug-likeness (QED) is 0.285. The number of rotatable bonds is 6. The van der Waals surface area contributed by atoms with Gasteiger partial charge in [0, 0.05) is 16.8 Å². The van der Waals surface area contributed by atoms with E-state index in [1.807, 2.05) is 19.1 Å². The summed E-state index contributed by atoms with van der Waals surface area (Å²) in [7, 11) is 0. The zero-order chi connectivity index (χ0) is 26.9. The van der Waals surface area contributed by atoms with E-state index in [-0.39, 0.29) is 22.5 Å². The molecule has 4 rings (SSSR count).